The van der Waals surface area contributed by atoms with E-state index >= 15 is 0 Å². The minimum absolute atomic E-state index is 0.744. The molecule has 2 heteroatoms. The average molecular weight is 242 g/mol. The highest BCUT2D eigenvalue weighted by molar-refractivity contribution is 5.81. The standard InChI is InChI=1S/C16H22N2/c1-2-18-15(12-17-14-8-4-5-9-14)11-13-7-3-6-10-16(13)18/h3,6-7,10-11,14,17H,2,4-5,8-9,12H2,1H3. The molecule has 0 amide bonds. The third kappa shape index (κ3) is 2.17. The molecular weight excluding hydrogens is 220 g/mol. The highest BCUT2D eigenvalue weighted by atomic mass is 15.0. The SMILES string of the molecule is CCn1c(CNC2CCCC2)cc2ccccc21. The Morgan fingerprint density at radius 1 is 1.22 bits per heavy atom. The van der Waals surface area contributed by atoms with Crippen molar-refractivity contribution in [2.75, 3.05) is 0 Å². The van der Waals surface area contributed by atoms with E-state index < -0.39 is 0 Å². The molecule has 1 fully saturated rings. The zero-order valence-corrected chi connectivity index (χ0v) is 11.2. The Morgan fingerprint density at radius 3 is 2.78 bits per heavy atom. The highest BCUT2D eigenvalue weighted by Crippen LogP contribution is 2.21. The predicted molar refractivity (Wildman–Crippen MR) is 76.7 cm³/mol. The summed E-state index contributed by atoms with van der Waals surface area (Å²) in [6.07, 6.45) is 5.50. The molecule has 2 aromatic rings. The Balaban J connectivity index is 1.81. The summed E-state index contributed by atoms with van der Waals surface area (Å²) in [5, 5.41) is 5.08. The van der Waals surface area contributed by atoms with Gasteiger partial charge >= 0.3 is 0 Å². The molecule has 96 valence electrons. The summed E-state index contributed by atoms with van der Waals surface area (Å²) < 4.78 is 2.43. The van der Waals surface area contributed by atoms with Crippen LogP contribution in [0.1, 0.15) is 38.3 Å². The number of aryl methyl sites for hydroxylation is 1. The van der Waals surface area contributed by atoms with Crippen LogP contribution in [-0.4, -0.2) is 10.6 Å². The molecule has 1 heterocycles. The number of hydrogen-bond donors (Lipinski definition) is 1. The largest absolute Gasteiger partial charge is 0.344 e. The number of benzene rings is 1. The monoisotopic (exact) mass is 242 g/mol. The summed E-state index contributed by atoms with van der Waals surface area (Å²) in [6, 6.07) is 11.8. The number of rotatable bonds is 4. The minimum atomic E-state index is 0.744. The van der Waals surface area contributed by atoms with Gasteiger partial charge in [0, 0.05) is 30.3 Å². The van der Waals surface area contributed by atoms with E-state index in [4.69, 9.17) is 0 Å². The molecule has 0 bridgehead atoms. The Hall–Kier alpha value is -1.28. The number of nitrogens with one attached hydrogen (secondary N) is 1. The van der Waals surface area contributed by atoms with Gasteiger partial charge in [-0.05, 0) is 37.3 Å². The number of para-hydroxylation sites is 1. The maximum absolute atomic E-state index is 3.71. The topological polar surface area (TPSA) is 17.0 Å². The Labute approximate surface area is 109 Å². The molecule has 0 spiro atoms. The van der Waals surface area contributed by atoms with Crippen LogP contribution in [-0.2, 0) is 13.1 Å². The van der Waals surface area contributed by atoms with Crippen LogP contribution in [0.4, 0.5) is 0 Å². The third-order valence-corrected chi connectivity index (χ3v) is 4.14. The van der Waals surface area contributed by atoms with Crippen molar-refractivity contribution in [3.63, 3.8) is 0 Å². The fraction of sp³-hybridized carbons (Fsp3) is 0.500. The first-order valence-corrected chi connectivity index (χ1v) is 7.19. The average Bonchev–Trinajstić information content (AvgIpc) is 3.03. The molecule has 0 saturated heterocycles. The van der Waals surface area contributed by atoms with E-state index in [0.717, 1.165) is 19.1 Å². The second kappa shape index (κ2) is 5.15. The summed E-state index contributed by atoms with van der Waals surface area (Å²) in [5.41, 5.74) is 2.79. The van der Waals surface area contributed by atoms with Gasteiger partial charge in [0.25, 0.3) is 0 Å². The molecule has 0 unspecified atom stereocenters. The Morgan fingerprint density at radius 2 is 2.00 bits per heavy atom. The molecule has 1 N–H and O–H groups in total. The van der Waals surface area contributed by atoms with Gasteiger partial charge in [0.15, 0.2) is 0 Å². The molecule has 1 saturated carbocycles. The second-order valence-electron chi connectivity index (χ2n) is 5.30. The van der Waals surface area contributed by atoms with E-state index in [1.54, 1.807) is 0 Å². The smallest absolute Gasteiger partial charge is 0.0482 e. The fourth-order valence-corrected chi connectivity index (χ4v) is 3.17. The van der Waals surface area contributed by atoms with E-state index in [2.05, 4.69) is 47.1 Å². The molecule has 0 radical (unpaired) electrons. The maximum Gasteiger partial charge on any atom is 0.0482 e. The molecular formula is C16H22N2. The van der Waals surface area contributed by atoms with Crippen LogP contribution in [0.2, 0.25) is 0 Å². The van der Waals surface area contributed by atoms with Crippen LogP contribution >= 0.6 is 0 Å². The van der Waals surface area contributed by atoms with Crippen molar-refractivity contribution in [3.05, 3.63) is 36.0 Å². The van der Waals surface area contributed by atoms with Gasteiger partial charge in [0.05, 0.1) is 0 Å². The molecule has 1 aromatic heterocycles. The normalized spacial score (nSPS) is 16.7. The lowest BCUT2D eigenvalue weighted by atomic mass is 10.2. The third-order valence-electron chi connectivity index (χ3n) is 4.14. The molecule has 1 aliphatic rings. The van der Waals surface area contributed by atoms with E-state index in [9.17, 15) is 0 Å². The number of nitrogens with zero attached hydrogens (tertiary/aromatic N) is 1. The van der Waals surface area contributed by atoms with Crippen molar-refractivity contribution in [2.45, 2.75) is 51.7 Å². The van der Waals surface area contributed by atoms with E-state index in [1.807, 2.05) is 0 Å². The van der Waals surface area contributed by atoms with Crippen molar-refractivity contribution in [1.29, 1.82) is 0 Å². The van der Waals surface area contributed by atoms with Gasteiger partial charge in [-0.1, -0.05) is 31.0 Å². The van der Waals surface area contributed by atoms with Crippen molar-refractivity contribution in [2.24, 2.45) is 0 Å². The molecule has 3 rings (SSSR count). The molecule has 0 aliphatic heterocycles. The first-order valence-electron chi connectivity index (χ1n) is 7.19. The molecule has 2 nitrogen and oxygen atoms in total. The van der Waals surface area contributed by atoms with E-state index in [-0.39, 0.29) is 0 Å². The lowest BCUT2D eigenvalue weighted by Gasteiger charge is -2.13. The lowest BCUT2D eigenvalue weighted by Crippen LogP contribution is -2.26. The Bertz CT molecular complexity index is 521. The van der Waals surface area contributed by atoms with Gasteiger partial charge in [-0.3, -0.25) is 0 Å². The number of hydrogen-bond acceptors (Lipinski definition) is 1. The number of fused-ring (bicyclic) bond motifs is 1. The first-order chi connectivity index (χ1) is 8.88. The first kappa shape index (κ1) is 11.8. The maximum atomic E-state index is 3.71. The van der Waals surface area contributed by atoms with Crippen LogP contribution in [0.5, 0.6) is 0 Å². The zero-order chi connectivity index (χ0) is 12.4. The molecule has 1 aromatic carbocycles. The quantitative estimate of drug-likeness (QED) is 0.865. The lowest BCUT2D eigenvalue weighted by molar-refractivity contribution is 0.510. The van der Waals surface area contributed by atoms with Gasteiger partial charge in [0.2, 0.25) is 0 Å². The van der Waals surface area contributed by atoms with Crippen LogP contribution in [0.25, 0.3) is 10.9 Å². The van der Waals surface area contributed by atoms with E-state index in [0.29, 0.717) is 0 Å². The second-order valence-corrected chi connectivity index (χ2v) is 5.30. The summed E-state index contributed by atoms with van der Waals surface area (Å²) in [5.74, 6) is 0. The van der Waals surface area contributed by atoms with Gasteiger partial charge in [0.1, 0.15) is 0 Å². The van der Waals surface area contributed by atoms with Gasteiger partial charge in [-0.15, -0.1) is 0 Å². The molecule has 1 aliphatic carbocycles. The Kier molecular flexibility index (Phi) is 3.37. The van der Waals surface area contributed by atoms with Crippen LogP contribution < -0.4 is 5.32 Å². The fourth-order valence-electron chi connectivity index (χ4n) is 3.17. The summed E-state index contributed by atoms with van der Waals surface area (Å²) in [6.45, 7) is 4.29. The summed E-state index contributed by atoms with van der Waals surface area (Å²) in [4.78, 5) is 0. The predicted octanol–water partition coefficient (Wildman–Crippen LogP) is 3.69. The molecule has 0 atom stereocenters. The van der Waals surface area contributed by atoms with Crippen LogP contribution in [0.3, 0.4) is 0 Å². The highest BCUT2D eigenvalue weighted by Gasteiger charge is 2.15. The summed E-state index contributed by atoms with van der Waals surface area (Å²) in [7, 11) is 0. The van der Waals surface area contributed by atoms with Crippen molar-refractivity contribution in [1.82, 2.24) is 9.88 Å². The number of aromatic nitrogens is 1. The van der Waals surface area contributed by atoms with Gasteiger partial charge in [-0.25, -0.2) is 0 Å². The van der Waals surface area contributed by atoms with E-state index in [1.165, 1.54) is 42.3 Å². The van der Waals surface area contributed by atoms with Crippen molar-refractivity contribution >= 4 is 10.9 Å². The van der Waals surface area contributed by atoms with Gasteiger partial charge in [-0.2, -0.15) is 0 Å². The van der Waals surface area contributed by atoms with Crippen LogP contribution in [0.15, 0.2) is 30.3 Å². The van der Waals surface area contributed by atoms with Crippen molar-refractivity contribution < 1.29 is 0 Å². The van der Waals surface area contributed by atoms with Crippen LogP contribution in [0, 0.1) is 0 Å². The zero-order valence-electron chi connectivity index (χ0n) is 11.2. The minimum Gasteiger partial charge on any atom is -0.344 e. The summed E-state index contributed by atoms with van der Waals surface area (Å²) >= 11 is 0. The molecule has 18 heavy (non-hydrogen) atoms. The van der Waals surface area contributed by atoms with Crippen molar-refractivity contribution in [3.8, 4) is 0 Å². The van der Waals surface area contributed by atoms with Gasteiger partial charge < -0.3 is 9.88 Å².